The fraction of sp³-hybridized carbons (Fsp3) is 0.100. The lowest BCUT2D eigenvalue weighted by molar-refractivity contribution is 0.563. The van der Waals surface area contributed by atoms with Crippen molar-refractivity contribution in [3.63, 3.8) is 0 Å². The number of nitrogens with one attached hydrogen (secondary N) is 1. The summed E-state index contributed by atoms with van der Waals surface area (Å²) in [7, 11) is 0. The van der Waals surface area contributed by atoms with E-state index >= 15 is 0 Å². The minimum atomic E-state index is -0.386. The van der Waals surface area contributed by atoms with E-state index in [0.717, 1.165) is 22.2 Å². The third kappa shape index (κ3) is 2.72. The van der Waals surface area contributed by atoms with E-state index in [-0.39, 0.29) is 5.63 Å². The van der Waals surface area contributed by atoms with E-state index < -0.39 is 0 Å². The molecule has 2 heterocycles. The van der Waals surface area contributed by atoms with Crippen molar-refractivity contribution >= 4 is 23.2 Å². The number of rotatable bonds is 2. The monoisotopic (exact) mass is 348 g/mol. The van der Waals surface area contributed by atoms with Gasteiger partial charge in [0.05, 0.1) is 16.9 Å². The van der Waals surface area contributed by atoms with Crippen molar-refractivity contribution < 1.29 is 4.42 Å². The van der Waals surface area contributed by atoms with Crippen LogP contribution >= 0.6 is 12.2 Å². The second-order valence-electron chi connectivity index (χ2n) is 6.12. The number of benzene rings is 2. The molecule has 0 amide bonds. The maximum atomic E-state index is 12.4. The molecule has 0 saturated carbocycles. The van der Waals surface area contributed by atoms with Gasteiger partial charge in [-0.25, -0.2) is 4.79 Å². The fourth-order valence-corrected chi connectivity index (χ4v) is 3.20. The largest absolute Gasteiger partial charge is 0.422 e. The number of aryl methyl sites for hydroxylation is 2. The summed E-state index contributed by atoms with van der Waals surface area (Å²) < 4.78 is 7.85. The zero-order valence-corrected chi connectivity index (χ0v) is 14.7. The summed E-state index contributed by atoms with van der Waals surface area (Å²) in [5, 5.41) is 0.871. The highest BCUT2D eigenvalue weighted by Crippen LogP contribution is 2.23. The number of imidazole rings is 1. The molecular formula is C20H16N2O2S. The second-order valence-corrected chi connectivity index (χ2v) is 6.50. The average molecular weight is 348 g/mol. The number of hydrogen-bond donors (Lipinski definition) is 1. The molecule has 4 rings (SSSR count). The van der Waals surface area contributed by atoms with E-state index in [1.807, 2.05) is 48.9 Å². The average Bonchev–Trinajstić information content (AvgIpc) is 2.98. The number of fused-ring (bicyclic) bond motifs is 1. The van der Waals surface area contributed by atoms with Gasteiger partial charge >= 0.3 is 5.63 Å². The number of aromatic amines is 1. The fourth-order valence-electron chi connectivity index (χ4n) is 2.94. The molecule has 2 aromatic carbocycles. The van der Waals surface area contributed by atoms with Crippen LogP contribution in [0.25, 0.3) is 27.9 Å². The Bertz CT molecular complexity index is 1210. The first-order valence-electron chi connectivity index (χ1n) is 7.95. The molecule has 0 aliphatic carbocycles. The van der Waals surface area contributed by atoms with Gasteiger partial charge in [-0.3, -0.25) is 4.57 Å². The molecule has 0 spiro atoms. The summed E-state index contributed by atoms with van der Waals surface area (Å²) in [5.74, 6) is 0. The van der Waals surface area contributed by atoms with Gasteiger partial charge in [-0.1, -0.05) is 30.3 Å². The molecule has 25 heavy (non-hydrogen) atoms. The van der Waals surface area contributed by atoms with Crippen LogP contribution in [0.15, 0.2) is 63.9 Å². The number of nitrogens with zero attached hydrogens (tertiary/aromatic N) is 1. The Morgan fingerprint density at radius 1 is 1.08 bits per heavy atom. The van der Waals surface area contributed by atoms with Crippen LogP contribution in [-0.2, 0) is 0 Å². The minimum absolute atomic E-state index is 0.386. The summed E-state index contributed by atoms with van der Waals surface area (Å²) in [6.45, 7) is 4.08. The van der Waals surface area contributed by atoms with Crippen molar-refractivity contribution in [1.29, 1.82) is 0 Å². The summed E-state index contributed by atoms with van der Waals surface area (Å²) in [4.78, 5) is 15.5. The Balaban J connectivity index is 1.91. The molecule has 124 valence electrons. The Kier molecular flexibility index (Phi) is 3.66. The highest BCUT2D eigenvalue weighted by atomic mass is 32.1. The van der Waals surface area contributed by atoms with E-state index in [0.29, 0.717) is 21.6 Å². The third-order valence-electron chi connectivity index (χ3n) is 4.27. The first-order valence-corrected chi connectivity index (χ1v) is 8.36. The molecule has 4 aromatic rings. The SMILES string of the molecule is Cc1ccc(C)c(-n2cc(-c3cc4ccccc4oc3=O)[nH]c2=S)c1. The molecule has 0 unspecified atom stereocenters. The van der Waals surface area contributed by atoms with Crippen molar-refractivity contribution in [3.8, 4) is 16.9 Å². The molecule has 0 aliphatic heterocycles. The van der Waals surface area contributed by atoms with Crippen LogP contribution in [0.2, 0.25) is 0 Å². The highest BCUT2D eigenvalue weighted by molar-refractivity contribution is 7.71. The van der Waals surface area contributed by atoms with Gasteiger partial charge in [0.1, 0.15) is 5.58 Å². The van der Waals surface area contributed by atoms with E-state index in [1.165, 1.54) is 0 Å². The van der Waals surface area contributed by atoms with Crippen molar-refractivity contribution in [1.82, 2.24) is 9.55 Å². The molecule has 0 bridgehead atoms. The zero-order valence-electron chi connectivity index (χ0n) is 13.9. The first-order chi connectivity index (χ1) is 12.0. The van der Waals surface area contributed by atoms with Gasteiger partial charge in [0.2, 0.25) is 0 Å². The Labute approximate surface area is 149 Å². The molecule has 1 N–H and O–H groups in total. The van der Waals surface area contributed by atoms with Crippen LogP contribution in [0.1, 0.15) is 11.1 Å². The maximum absolute atomic E-state index is 12.4. The quantitative estimate of drug-likeness (QED) is 0.413. The van der Waals surface area contributed by atoms with Gasteiger partial charge < -0.3 is 9.40 Å². The van der Waals surface area contributed by atoms with Crippen LogP contribution in [0.3, 0.4) is 0 Å². The number of H-pyrrole nitrogens is 1. The Hall–Kier alpha value is -2.92. The lowest BCUT2D eigenvalue weighted by Crippen LogP contribution is -2.02. The van der Waals surface area contributed by atoms with Crippen molar-refractivity contribution in [2.24, 2.45) is 0 Å². The van der Waals surface area contributed by atoms with E-state index in [4.69, 9.17) is 16.6 Å². The summed E-state index contributed by atoms with van der Waals surface area (Å²) in [6, 6.07) is 15.5. The van der Waals surface area contributed by atoms with E-state index in [2.05, 4.69) is 23.2 Å². The van der Waals surface area contributed by atoms with Crippen LogP contribution in [0.4, 0.5) is 0 Å². The molecular weight excluding hydrogens is 332 g/mol. The molecule has 2 aromatic heterocycles. The second kappa shape index (κ2) is 5.86. The molecule has 0 fully saturated rings. The molecule has 4 nitrogen and oxygen atoms in total. The van der Waals surface area contributed by atoms with Gasteiger partial charge in [-0.15, -0.1) is 0 Å². The number of aromatic nitrogens is 2. The summed E-state index contributed by atoms with van der Waals surface area (Å²) in [5.41, 5.74) is 4.55. The summed E-state index contributed by atoms with van der Waals surface area (Å²) in [6.07, 6.45) is 1.85. The Morgan fingerprint density at radius 2 is 1.88 bits per heavy atom. The normalized spacial score (nSPS) is 11.1. The molecule has 0 radical (unpaired) electrons. The van der Waals surface area contributed by atoms with E-state index in [9.17, 15) is 4.79 Å². The Morgan fingerprint density at radius 3 is 2.72 bits per heavy atom. The highest BCUT2D eigenvalue weighted by Gasteiger charge is 2.12. The molecule has 0 saturated heterocycles. The maximum Gasteiger partial charge on any atom is 0.345 e. The smallest absolute Gasteiger partial charge is 0.345 e. The van der Waals surface area contributed by atoms with Gasteiger partial charge in [0.25, 0.3) is 0 Å². The van der Waals surface area contributed by atoms with Crippen LogP contribution in [0.5, 0.6) is 0 Å². The standard InChI is InChI=1S/C20H16N2O2S/c1-12-7-8-13(2)17(9-12)22-11-16(21-20(22)25)15-10-14-5-3-4-6-18(14)24-19(15)23/h3-11H,1-2H3,(H,21,25). The van der Waals surface area contributed by atoms with Gasteiger partial charge in [0.15, 0.2) is 4.77 Å². The van der Waals surface area contributed by atoms with Crippen LogP contribution < -0.4 is 5.63 Å². The van der Waals surface area contributed by atoms with Gasteiger partial charge in [-0.2, -0.15) is 0 Å². The molecule has 5 heteroatoms. The van der Waals surface area contributed by atoms with Gasteiger partial charge in [0, 0.05) is 11.6 Å². The zero-order chi connectivity index (χ0) is 17.6. The number of hydrogen-bond acceptors (Lipinski definition) is 3. The minimum Gasteiger partial charge on any atom is -0.422 e. The van der Waals surface area contributed by atoms with Crippen LogP contribution in [-0.4, -0.2) is 9.55 Å². The lowest BCUT2D eigenvalue weighted by atomic mass is 10.1. The van der Waals surface area contributed by atoms with Crippen LogP contribution in [0, 0.1) is 18.6 Å². The molecule has 0 atom stereocenters. The topological polar surface area (TPSA) is 50.9 Å². The lowest BCUT2D eigenvalue weighted by Gasteiger charge is -2.07. The molecule has 0 aliphatic rings. The van der Waals surface area contributed by atoms with Gasteiger partial charge in [-0.05, 0) is 55.4 Å². The van der Waals surface area contributed by atoms with Crippen molar-refractivity contribution in [3.05, 3.63) is 81.0 Å². The van der Waals surface area contributed by atoms with Crippen molar-refractivity contribution in [2.45, 2.75) is 13.8 Å². The summed E-state index contributed by atoms with van der Waals surface area (Å²) >= 11 is 5.47. The number of para-hydroxylation sites is 1. The predicted molar refractivity (Wildman–Crippen MR) is 102 cm³/mol. The van der Waals surface area contributed by atoms with Crippen molar-refractivity contribution in [2.75, 3.05) is 0 Å². The van der Waals surface area contributed by atoms with E-state index in [1.54, 1.807) is 6.07 Å². The third-order valence-corrected chi connectivity index (χ3v) is 4.57. The first kappa shape index (κ1) is 15.6. The predicted octanol–water partition coefficient (Wildman–Crippen LogP) is 4.93.